The van der Waals surface area contributed by atoms with E-state index in [0.717, 1.165) is 26.7 Å². The highest BCUT2D eigenvalue weighted by molar-refractivity contribution is 5.99. The quantitative estimate of drug-likeness (QED) is 0.189. The number of aromatic nitrogens is 5. The molecule has 1 aromatic carbocycles. The molecule has 3 heterocycles. The van der Waals surface area contributed by atoms with Crippen molar-refractivity contribution in [1.29, 1.82) is 10.5 Å². The molecule has 0 saturated heterocycles. The summed E-state index contributed by atoms with van der Waals surface area (Å²) in [6, 6.07) is 9.37. The average Bonchev–Trinajstić information content (AvgIpc) is 3.48. The Bertz CT molecular complexity index is 1760. The van der Waals surface area contributed by atoms with Crippen LogP contribution in [0.2, 0.25) is 0 Å². The van der Waals surface area contributed by atoms with Crippen LogP contribution >= 0.6 is 0 Å². The van der Waals surface area contributed by atoms with Gasteiger partial charge in [0.2, 0.25) is 5.95 Å². The molecule has 5 rings (SSSR count). The second-order valence-corrected chi connectivity index (χ2v) is 11.4. The standard InChI is InChI=1S/C29H27F4N9/c1-16-20(5-6-23(30)38-16)26(22-14-42(41-40-22)28(4)7-8-28)39-19-9-17(11-34)24-21(10-19)25(18(12-35)13-36-24)37-15-27(2,3)29(31,32)33/h5-6,9-10,13-14,26,39H,7-8,15H2,1-4H3,(H,36,37)/t26-/m0/s1. The average molecular weight is 578 g/mol. The van der Waals surface area contributed by atoms with Gasteiger partial charge in [0.1, 0.15) is 17.8 Å². The molecule has 3 aromatic heterocycles. The topological polar surface area (TPSA) is 128 Å². The van der Waals surface area contributed by atoms with Crippen molar-refractivity contribution in [3.63, 3.8) is 0 Å². The molecule has 1 fully saturated rings. The fourth-order valence-electron chi connectivity index (χ4n) is 4.56. The van der Waals surface area contributed by atoms with Crippen molar-refractivity contribution >= 4 is 22.3 Å². The number of nitrogens with one attached hydrogen (secondary N) is 2. The molecule has 0 amide bonds. The Morgan fingerprint density at radius 1 is 1.12 bits per heavy atom. The molecule has 0 radical (unpaired) electrons. The second-order valence-electron chi connectivity index (χ2n) is 11.4. The first-order chi connectivity index (χ1) is 19.8. The maximum Gasteiger partial charge on any atom is 0.395 e. The smallest absolute Gasteiger partial charge is 0.382 e. The van der Waals surface area contributed by atoms with Crippen LogP contribution in [0.5, 0.6) is 0 Å². The van der Waals surface area contributed by atoms with Crippen LogP contribution < -0.4 is 10.6 Å². The lowest BCUT2D eigenvalue weighted by Gasteiger charge is -2.28. The molecule has 9 nitrogen and oxygen atoms in total. The van der Waals surface area contributed by atoms with E-state index < -0.39 is 30.1 Å². The van der Waals surface area contributed by atoms with Crippen LogP contribution in [0.1, 0.15) is 67.7 Å². The van der Waals surface area contributed by atoms with Crippen molar-refractivity contribution < 1.29 is 17.6 Å². The second kappa shape index (κ2) is 10.2. The number of halogens is 4. The number of alkyl halides is 3. The predicted molar refractivity (Wildman–Crippen MR) is 147 cm³/mol. The number of aryl methyl sites for hydroxylation is 1. The summed E-state index contributed by atoms with van der Waals surface area (Å²) < 4.78 is 56.5. The minimum absolute atomic E-state index is 0.0252. The highest BCUT2D eigenvalue weighted by Gasteiger charge is 2.47. The summed E-state index contributed by atoms with van der Waals surface area (Å²) in [5.41, 5.74) is 0.211. The molecule has 13 heteroatoms. The molecule has 2 N–H and O–H groups in total. The molecule has 42 heavy (non-hydrogen) atoms. The van der Waals surface area contributed by atoms with Crippen LogP contribution in [0.4, 0.5) is 28.9 Å². The molecule has 0 bridgehead atoms. The first-order valence-corrected chi connectivity index (χ1v) is 13.2. The summed E-state index contributed by atoms with van der Waals surface area (Å²) in [6.45, 7) is 5.32. The van der Waals surface area contributed by atoms with E-state index in [2.05, 4.69) is 43.9 Å². The van der Waals surface area contributed by atoms with Gasteiger partial charge in [-0.25, -0.2) is 9.67 Å². The van der Waals surface area contributed by atoms with Crippen molar-refractivity contribution in [2.45, 2.75) is 58.3 Å². The molecular weight excluding hydrogens is 550 g/mol. The third-order valence-corrected chi connectivity index (χ3v) is 7.74. The van der Waals surface area contributed by atoms with Gasteiger partial charge in [-0.2, -0.15) is 28.1 Å². The fraction of sp³-hybridized carbons (Fsp3) is 0.379. The van der Waals surface area contributed by atoms with Crippen LogP contribution in [0.15, 0.2) is 36.7 Å². The summed E-state index contributed by atoms with van der Waals surface area (Å²) in [5.74, 6) is -0.644. The van der Waals surface area contributed by atoms with Gasteiger partial charge in [0, 0.05) is 35.1 Å². The summed E-state index contributed by atoms with van der Waals surface area (Å²) in [6.07, 6.45) is 0.448. The number of fused-ring (bicyclic) bond motifs is 1. The van der Waals surface area contributed by atoms with Gasteiger partial charge < -0.3 is 10.6 Å². The normalized spacial score (nSPS) is 15.1. The van der Waals surface area contributed by atoms with Gasteiger partial charge in [-0.05, 0) is 58.7 Å². The molecule has 4 aromatic rings. The number of hydrogen-bond acceptors (Lipinski definition) is 8. The molecule has 0 spiro atoms. The van der Waals surface area contributed by atoms with Gasteiger partial charge in [-0.15, -0.1) is 5.10 Å². The Morgan fingerprint density at radius 3 is 2.45 bits per heavy atom. The lowest BCUT2D eigenvalue weighted by molar-refractivity contribution is -0.206. The van der Waals surface area contributed by atoms with E-state index in [1.54, 1.807) is 36.0 Å². The first-order valence-electron chi connectivity index (χ1n) is 13.2. The Morgan fingerprint density at radius 2 is 1.83 bits per heavy atom. The first kappa shape index (κ1) is 28.7. The van der Waals surface area contributed by atoms with Crippen molar-refractivity contribution in [2.24, 2.45) is 5.41 Å². The maximum atomic E-state index is 13.9. The third-order valence-electron chi connectivity index (χ3n) is 7.74. The van der Waals surface area contributed by atoms with Crippen LogP contribution in [0.25, 0.3) is 10.9 Å². The summed E-state index contributed by atoms with van der Waals surface area (Å²) in [5, 5.41) is 34.8. The van der Waals surface area contributed by atoms with E-state index >= 15 is 0 Å². The fourth-order valence-corrected chi connectivity index (χ4v) is 4.56. The predicted octanol–water partition coefficient (Wildman–Crippen LogP) is 6.12. The van der Waals surface area contributed by atoms with E-state index in [1.165, 1.54) is 12.3 Å². The summed E-state index contributed by atoms with van der Waals surface area (Å²) in [7, 11) is 0. The molecule has 0 unspecified atom stereocenters. The monoisotopic (exact) mass is 577 g/mol. The van der Waals surface area contributed by atoms with E-state index in [1.807, 2.05) is 6.07 Å². The SMILES string of the molecule is Cc1nc(F)ccc1[C@H](Nc1cc(C#N)c2ncc(C#N)c(NCC(C)(C)C(F)(F)F)c2c1)c1cn(C2(C)CC2)nn1. The number of hydrogen-bond donors (Lipinski definition) is 2. The highest BCUT2D eigenvalue weighted by Crippen LogP contribution is 2.43. The zero-order chi connectivity index (χ0) is 30.4. The maximum absolute atomic E-state index is 13.9. The van der Waals surface area contributed by atoms with Crippen molar-refractivity contribution in [3.05, 3.63) is 70.7 Å². The largest absolute Gasteiger partial charge is 0.395 e. The number of nitrogens with zero attached hydrogens (tertiary/aromatic N) is 7. The van der Waals surface area contributed by atoms with Crippen LogP contribution in [-0.2, 0) is 5.54 Å². The molecule has 1 aliphatic rings. The highest BCUT2D eigenvalue weighted by atomic mass is 19.4. The van der Waals surface area contributed by atoms with Crippen molar-refractivity contribution in [2.75, 3.05) is 17.2 Å². The lowest BCUT2D eigenvalue weighted by atomic mass is 9.92. The van der Waals surface area contributed by atoms with E-state index in [9.17, 15) is 28.1 Å². The van der Waals surface area contributed by atoms with Gasteiger partial charge in [0.25, 0.3) is 0 Å². The Hall–Kier alpha value is -4.78. The van der Waals surface area contributed by atoms with Crippen molar-refractivity contribution in [1.82, 2.24) is 25.0 Å². The molecular formula is C29H27F4N9. The van der Waals surface area contributed by atoms with Gasteiger partial charge in [-0.3, -0.25) is 4.98 Å². The summed E-state index contributed by atoms with van der Waals surface area (Å²) in [4.78, 5) is 8.22. The van der Waals surface area contributed by atoms with Gasteiger partial charge in [-0.1, -0.05) is 11.3 Å². The van der Waals surface area contributed by atoms with Crippen LogP contribution in [0, 0.1) is 40.9 Å². The van der Waals surface area contributed by atoms with E-state index in [4.69, 9.17) is 0 Å². The molecule has 1 saturated carbocycles. The number of benzene rings is 1. The molecule has 0 aliphatic heterocycles. The Balaban J connectivity index is 1.62. The van der Waals surface area contributed by atoms with Crippen LogP contribution in [0.3, 0.4) is 0 Å². The van der Waals surface area contributed by atoms with Crippen LogP contribution in [-0.4, -0.2) is 37.7 Å². The molecule has 1 aliphatic carbocycles. The van der Waals surface area contributed by atoms with Gasteiger partial charge in [0.15, 0.2) is 0 Å². The summed E-state index contributed by atoms with van der Waals surface area (Å²) >= 11 is 0. The number of pyridine rings is 2. The zero-order valence-electron chi connectivity index (χ0n) is 23.3. The Kier molecular flexibility index (Phi) is 7.01. The number of anilines is 2. The van der Waals surface area contributed by atoms with E-state index in [-0.39, 0.29) is 33.3 Å². The number of rotatable bonds is 8. The van der Waals surface area contributed by atoms with Crippen molar-refractivity contribution in [3.8, 4) is 12.1 Å². The number of nitriles is 2. The molecule has 216 valence electrons. The minimum Gasteiger partial charge on any atom is -0.382 e. The Labute approximate surface area is 239 Å². The molecule has 1 atom stereocenters. The zero-order valence-corrected chi connectivity index (χ0v) is 23.3. The van der Waals surface area contributed by atoms with E-state index in [0.29, 0.717) is 22.6 Å². The third kappa shape index (κ3) is 5.30. The minimum atomic E-state index is -4.50. The lowest BCUT2D eigenvalue weighted by Crippen LogP contribution is -2.38. The van der Waals surface area contributed by atoms with Gasteiger partial charge >= 0.3 is 6.18 Å². The van der Waals surface area contributed by atoms with Gasteiger partial charge in [0.05, 0.1) is 45.5 Å².